The van der Waals surface area contributed by atoms with Gasteiger partial charge in [0.1, 0.15) is 0 Å². The molecule has 0 unspecified atom stereocenters. The summed E-state index contributed by atoms with van der Waals surface area (Å²) in [5.41, 5.74) is 2.37. The van der Waals surface area contributed by atoms with Gasteiger partial charge in [-0.2, -0.15) is 12.7 Å². The highest BCUT2D eigenvalue weighted by Gasteiger charge is 2.27. The standard InChI is InChI=1S/C14H21N3O2S/c18-20(19,16-10-14-6-3-8-15-14)17-9-7-12-4-1-2-5-13(12)11-17/h1-2,4-5,14-16H,3,6-11H2/t14-/m1/s1. The zero-order valence-electron chi connectivity index (χ0n) is 11.5. The molecule has 2 N–H and O–H groups in total. The van der Waals surface area contributed by atoms with Crippen molar-refractivity contribution in [3.05, 3.63) is 35.4 Å². The molecule has 0 spiro atoms. The molecule has 0 radical (unpaired) electrons. The summed E-state index contributed by atoms with van der Waals surface area (Å²) in [7, 11) is -3.37. The van der Waals surface area contributed by atoms with Gasteiger partial charge in [-0.25, -0.2) is 4.72 Å². The van der Waals surface area contributed by atoms with E-state index >= 15 is 0 Å². The quantitative estimate of drug-likeness (QED) is 0.856. The van der Waals surface area contributed by atoms with Crippen LogP contribution in [0.4, 0.5) is 0 Å². The van der Waals surface area contributed by atoms with Crippen LogP contribution in [0.2, 0.25) is 0 Å². The third-order valence-electron chi connectivity index (χ3n) is 4.11. The van der Waals surface area contributed by atoms with E-state index in [4.69, 9.17) is 0 Å². The number of nitrogens with one attached hydrogen (secondary N) is 2. The molecule has 1 atom stereocenters. The van der Waals surface area contributed by atoms with Gasteiger partial charge in [0.05, 0.1) is 0 Å². The number of nitrogens with zero attached hydrogens (tertiary/aromatic N) is 1. The van der Waals surface area contributed by atoms with E-state index < -0.39 is 10.2 Å². The fourth-order valence-corrected chi connectivity index (χ4v) is 4.14. The summed E-state index contributed by atoms with van der Waals surface area (Å²) < 4.78 is 29.0. The van der Waals surface area contributed by atoms with E-state index in [9.17, 15) is 8.42 Å². The molecule has 6 heteroatoms. The molecule has 2 aliphatic rings. The lowest BCUT2D eigenvalue weighted by atomic mass is 10.0. The molecule has 2 aliphatic heterocycles. The number of benzene rings is 1. The van der Waals surface area contributed by atoms with E-state index in [0.717, 1.165) is 31.4 Å². The first-order chi connectivity index (χ1) is 9.65. The number of rotatable bonds is 4. The molecule has 1 aromatic rings. The zero-order valence-corrected chi connectivity index (χ0v) is 12.3. The molecule has 20 heavy (non-hydrogen) atoms. The van der Waals surface area contributed by atoms with Crippen LogP contribution in [0.15, 0.2) is 24.3 Å². The largest absolute Gasteiger partial charge is 0.313 e. The highest BCUT2D eigenvalue weighted by Crippen LogP contribution is 2.20. The predicted octanol–water partition coefficient (Wildman–Crippen LogP) is 0.631. The minimum absolute atomic E-state index is 0.279. The van der Waals surface area contributed by atoms with Crippen molar-refractivity contribution < 1.29 is 8.42 Å². The Balaban J connectivity index is 1.63. The van der Waals surface area contributed by atoms with E-state index in [1.54, 1.807) is 4.31 Å². The van der Waals surface area contributed by atoms with Gasteiger partial charge in [-0.15, -0.1) is 0 Å². The SMILES string of the molecule is O=S(=O)(NC[C@H]1CCCN1)N1CCc2ccccc2C1. The van der Waals surface area contributed by atoms with E-state index in [1.165, 1.54) is 5.56 Å². The number of hydrogen-bond donors (Lipinski definition) is 2. The lowest BCUT2D eigenvalue weighted by Crippen LogP contribution is -2.46. The van der Waals surface area contributed by atoms with Gasteiger partial charge in [0.25, 0.3) is 10.2 Å². The Morgan fingerprint density at radius 2 is 2.10 bits per heavy atom. The smallest absolute Gasteiger partial charge is 0.279 e. The predicted molar refractivity (Wildman–Crippen MR) is 78.5 cm³/mol. The van der Waals surface area contributed by atoms with Crippen molar-refractivity contribution in [1.82, 2.24) is 14.3 Å². The second-order valence-corrected chi connectivity index (χ2v) is 7.25. The molecule has 0 amide bonds. The molecule has 1 fully saturated rings. The first kappa shape index (κ1) is 14.0. The van der Waals surface area contributed by atoms with Crippen molar-refractivity contribution >= 4 is 10.2 Å². The van der Waals surface area contributed by atoms with Crippen LogP contribution in [0, 0.1) is 0 Å². The minimum Gasteiger partial charge on any atom is -0.313 e. The Morgan fingerprint density at radius 1 is 1.30 bits per heavy atom. The maximum Gasteiger partial charge on any atom is 0.279 e. The highest BCUT2D eigenvalue weighted by molar-refractivity contribution is 7.87. The van der Waals surface area contributed by atoms with Crippen LogP contribution in [0.1, 0.15) is 24.0 Å². The highest BCUT2D eigenvalue weighted by atomic mass is 32.2. The topological polar surface area (TPSA) is 61.4 Å². The fourth-order valence-electron chi connectivity index (χ4n) is 2.90. The second-order valence-electron chi connectivity index (χ2n) is 5.50. The van der Waals surface area contributed by atoms with Crippen molar-refractivity contribution in [3.63, 3.8) is 0 Å². The first-order valence-corrected chi connectivity index (χ1v) is 8.64. The molecule has 1 saturated heterocycles. The average molecular weight is 295 g/mol. The van der Waals surface area contributed by atoms with E-state index in [2.05, 4.69) is 16.1 Å². The fraction of sp³-hybridized carbons (Fsp3) is 0.571. The van der Waals surface area contributed by atoms with Gasteiger partial charge < -0.3 is 5.32 Å². The molecule has 5 nitrogen and oxygen atoms in total. The minimum atomic E-state index is -3.37. The molecule has 1 aromatic carbocycles. The van der Waals surface area contributed by atoms with Crippen LogP contribution >= 0.6 is 0 Å². The van der Waals surface area contributed by atoms with Gasteiger partial charge in [0.2, 0.25) is 0 Å². The van der Waals surface area contributed by atoms with Crippen LogP contribution in [0.5, 0.6) is 0 Å². The van der Waals surface area contributed by atoms with Crippen LogP contribution in [-0.4, -0.2) is 38.4 Å². The monoisotopic (exact) mass is 295 g/mol. The molecule has 110 valence electrons. The molecule has 0 saturated carbocycles. The van der Waals surface area contributed by atoms with E-state index in [0.29, 0.717) is 19.6 Å². The number of fused-ring (bicyclic) bond motifs is 1. The van der Waals surface area contributed by atoms with Crippen LogP contribution in [-0.2, 0) is 23.2 Å². The number of hydrogen-bond acceptors (Lipinski definition) is 3. The molecular weight excluding hydrogens is 274 g/mol. The summed E-state index contributed by atoms with van der Waals surface area (Å²) in [5, 5.41) is 3.30. The summed E-state index contributed by atoms with van der Waals surface area (Å²) >= 11 is 0. The van der Waals surface area contributed by atoms with Crippen LogP contribution in [0.3, 0.4) is 0 Å². The van der Waals surface area contributed by atoms with Gasteiger partial charge in [-0.1, -0.05) is 24.3 Å². The van der Waals surface area contributed by atoms with E-state index in [-0.39, 0.29) is 6.04 Å². The summed E-state index contributed by atoms with van der Waals surface area (Å²) in [6.45, 7) is 2.51. The van der Waals surface area contributed by atoms with Crippen molar-refractivity contribution in [2.45, 2.75) is 31.8 Å². The Kier molecular flexibility index (Phi) is 4.07. The molecule has 0 aromatic heterocycles. The Labute approximate surface area is 120 Å². The average Bonchev–Trinajstić information content (AvgIpc) is 2.98. The lowest BCUT2D eigenvalue weighted by Gasteiger charge is -2.28. The van der Waals surface area contributed by atoms with Crippen molar-refractivity contribution in [1.29, 1.82) is 0 Å². The van der Waals surface area contributed by atoms with Gasteiger partial charge in [-0.3, -0.25) is 0 Å². The summed E-state index contributed by atoms with van der Waals surface area (Å²) in [5.74, 6) is 0. The second kappa shape index (κ2) is 5.81. The van der Waals surface area contributed by atoms with E-state index in [1.807, 2.05) is 18.2 Å². The van der Waals surface area contributed by atoms with Crippen LogP contribution < -0.4 is 10.0 Å². The first-order valence-electron chi connectivity index (χ1n) is 7.20. The maximum atomic E-state index is 12.3. The van der Waals surface area contributed by atoms with Crippen molar-refractivity contribution in [2.75, 3.05) is 19.6 Å². The summed E-state index contributed by atoms with van der Waals surface area (Å²) in [4.78, 5) is 0. The summed E-state index contributed by atoms with van der Waals surface area (Å²) in [6, 6.07) is 8.34. The summed E-state index contributed by atoms with van der Waals surface area (Å²) in [6.07, 6.45) is 2.97. The third kappa shape index (κ3) is 3.03. The van der Waals surface area contributed by atoms with Crippen molar-refractivity contribution in [2.24, 2.45) is 0 Å². The molecule has 3 rings (SSSR count). The Bertz CT molecular complexity index is 568. The molecule has 0 bridgehead atoms. The van der Waals surface area contributed by atoms with Gasteiger partial charge >= 0.3 is 0 Å². The van der Waals surface area contributed by atoms with Gasteiger partial charge in [-0.05, 0) is 36.9 Å². The Morgan fingerprint density at radius 3 is 2.85 bits per heavy atom. The van der Waals surface area contributed by atoms with Gasteiger partial charge in [0.15, 0.2) is 0 Å². The molecule has 0 aliphatic carbocycles. The normalized spacial score (nSPS) is 23.7. The Hall–Kier alpha value is -0.950. The maximum absolute atomic E-state index is 12.3. The van der Waals surface area contributed by atoms with Crippen LogP contribution in [0.25, 0.3) is 0 Å². The third-order valence-corrected chi connectivity index (χ3v) is 5.63. The molecule has 2 heterocycles. The zero-order chi connectivity index (χ0) is 14.0. The molecular formula is C14H21N3O2S. The van der Waals surface area contributed by atoms with Gasteiger partial charge in [0, 0.05) is 25.7 Å². The van der Waals surface area contributed by atoms with Crippen molar-refractivity contribution in [3.8, 4) is 0 Å². The lowest BCUT2D eigenvalue weighted by molar-refractivity contribution is 0.381.